The van der Waals surface area contributed by atoms with Crippen LogP contribution in [0, 0.1) is 5.92 Å². The molecule has 2 aromatic rings. The summed E-state index contributed by atoms with van der Waals surface area (Å²) in [5, 5.41) is 0.506. The Balaban J connectivity index is 2.12. The number of allylic oxidation sites excluding steroid dienone is 1. The van der Waals surface area contributed by atoms with E-state index >= 15 is 0 Å². The monoisotopic (exact) mass is 482 g/mol. The molecule has 4 nitrogen and oxygen atoms in total. The van der Waals surface area contributed by atoms with Gasteiger partial charge in [0.2, 0.25) is 12.0 Å². The fourth-order valence-electron chi connectivity index (χ4n) is 5.61. The lowest BCUT2D eigenvalue weighted by atomic mass is 9.84. The van der Waals surface area contributed by atoms with Crippen molar-refractivity contribution in [2.45, 2.75) is 63.3 Å². The first-order valence-corrected chi connectivity index (χ1v) is 18.8. The number of carbonyl (C=O) groups is 1. The molecule has 3 rings (SSSR count). The Bertz CT molecular complexity index is 932. The quantitative estimate of drug-likeness (QED) is 0.314. The second-order valence-corrected chi connectivity index (χ2v) is 22.3. The van der Waals surface area contributed by atoms with Crippen molar-refractivity contribution in [3.05, 3.63) is 83.6 Å². The first-order valence-electron chi connectivity index (χ1n) is 11.7. The van der Waals surface area contributed by atoms with Gasteiger partial charge in [0, 0.05) is 28.0 Å². The van der Waals surface area contributed by atoms with Gasteiger partial charge in [-0.2, -0.15) is 0 Å². The van der Waals surface area contributed by atoms with E-state index in [1.54, 1.807) is 0 Å². The lowest BCUT2D eigenvalue weighted by Crippen LogP contribution is -2.54. The van der Waals surface area contributed by atoms with Gasteiger partial charge in [-0.25, -0.2) is 4.79 Å². The molecular formula is C27H38O4Si2. The topological polar surface area (TPSA) is 44.8 Å². The molecule has 0 bridgehead atoms. The molecule has 0 saturated heterocycles. The summed E-state index contributed by atoms with van der Waals surface area (Å²) in [5.74, 6) is -0.0908. The maximum absolute atomic E-state index is 12.6. The van der Waals surface area contributed by atoms with Gasteiger partial charge in [0.05, 0.1) is 13.7 Å². The Morgan fingerprint density at radius 3 is 1.97 bits per heavy atom. The summed E-state index contributed by atoms with van der Waals surface area (Å²) in [7, 11) is -1.88. The van der Waals surface area contributed by atoms with Gasteiger partial charge in [-0.05, 0) is 22.4 Å². The molecule has 0 fully saturated rings. The third kappa shape index (κ3) is 6.25. The van der Waals surface area contributed by atoms with Crippen LogP contribution < -0.4 is 0 Å². The SMILES string of the molecule is COC(=O)C1=C[C@H](c2ccccc2)[C@@H](C([Si](C)(C)C)[Si](C)(C)C)[C@@H](OCc2ccccc2)O1. The fourth-order valence-corrected chi connectivity index (χ4v) is 19.0. The Morgan fingerprint density at radius 1 is 0.909 bits per heavy atom. The van der Waals surface area contributed by atoms with E-state index in [9.17, 15) is 4.79 Å². The van der Waals surface area contributed by atoms with Crippen molar-refractivity contribution in [1.29, 1.82) is 0 Å². The van der Waals surface area contributed by atoms with E-state index in [0.717, 1.165) is 5.56 Å². The van der Waals surface area contributed by atoms with Crippen LogP contribution in [0.2, 0.25) is 44.4 Å². The zero-order chi connectivity index (χ0) is 24.2. The summed E-state index contributed by atoms with van der Waals surface area (Å²) in [5.41, 5.74) is 2.27. The third-order valence-electron chi connectivity index (χ3n) is 6.38. The van der Waals surface area contributed by atoms with Gasteiger partial charge in [-0.1, -0.05) is 99.9 Å². The van der Waals surface area contributed by atoms with Gasteiger partial charge >= 0.3 is 5.97 Å². The lowest BCUT2D eigenvalue weighted by Gasteiger charge is -2.50. The highest BCUT2D eigenvalue weighted by Crippen LogP contribution is 2.50. The number of benzene rings is 2. The van der Waals surface area contributed by atoms with E-state index in [1.165, 1.54) is 12.7 Å². The average Bonchev–Trinajstić information content (AvgIpc) is 2.77. The summed E-state index contributed by atoms with van der Waals surface area (Å²) < 4.78 is 17.9. The van der Waals surface area contributed by atoms with Crippen LogP contribution in [0.15, 0.2) is 72.5 Å². The van der Waals surface area contributed by atoms with E-state index in [0.29, 0.717) is 11.8 Å². The van der Waals surface area contributed by atoms with Crippen LogP contribution in [0.3, 0.4) is 0 Å². The molecule has 0 aromatic heterocycles. The fraction of sp³-hybridized carbons (Fsp3) is 0.444. The number of rotatable bonds is 8. The maximum Gasteiger partial charge on any atom is 0.373 e. The first kappa shape index (κ1) is 25.5. The van der Waals surface area contributed by atoms with E-state index in [-0.39, 0.29) is 17.6 Å². The summed E-state index contributed by atoms with van der Waals surface area (Å²) in [6.07, 6.45) is 1.44. The molecule has 0 N–H and O–H groups in total. The van der Waals surface area contributed by atoms with Crippen molar-refractivity contribution in [1.82, 2.24) is 0 Å². The van der Waals surface area contributed by atoms with E-state index < -0.39 is 28.4 Å². The summed E-state index contributed by atoms with van der Waals surface area (Å²) in [6, 6.07) is 20.6. The summed E-state index contributed by atoms with van der Waals surface area (Å²) >= 11 is 0. The molecule has 3 atom stereocenters. The van der Waals surface area contributed by atoms with E-state index in [4.69, 9.17) is 14.2 Å². The van der Waals surface area contributed by atoms with Crippen molar-refractivity contribution in [3.63, 3.8) is 0 Å². The van der Waals surface area contributed by atoms with Crippen molar-refractivity contribution in [3.8, 4) is 0 Å². The van der Waals surface area contributed by atoms with Gasteiger partial charge < -0.3 is 14.2 Å². The van der Waals surface area contributed by atoms with Crippen LogP contribution in [-0.2, 0) is 25.6 Å². The molecule has 0 spiro atoms. The number of hydrogen-bond acceptors (Lipinski definition) is 4. The van der Waals surface area contributed by atoms with Crippen LogP contribution in [0.1, 0.15) is 17.0 Å². The van der Waals surface area contributed by atoms with Gasteiger partial charge in [0.1, 0.15) is 0 Å². The van der Waals surface area contributed by atoms with E-state index in [1.807, 2.05) is 30.3 Å². The molecule has 0 unspecified atom stereocenters. The van der Waals surface area contributed by atoms with Crippen LogP contribution in [-0.4, -0.2) is 35.5 Å². The molecule has 0 saturated carbocycles. The molecule has 0 aliphatic carbocycles. The zero-order valence-corrected chi connectivity index (χ0v) is 23.0. The maximum atomic E-state index is 12.6. The van der Waals surface area contributed by atoms with Crippen LogP contribution in [0.25, 0.3) is 0 Å². The van der Waals surface area contributed by atoms with Gasteiger partial charge in [-0.3, -0.25) is 0 Å². The molecule has 1 heterocycles. The van der Waals surface area contributed by atoms with Crippen LogP contribution >= 0.6 is 0 Å². The largest absolute Gasteiger partial charge is 0.463 e. The predicted octanol–water partition coefficient (Wildman–Crippen LogP) is 6.60. The highest BCUT2D eigenvalue weighted by atomic mass is 28.4. The molecular weight excluding hydrogens is 444 g/mol. The smallest absolute Gasteiger partial charge is 0.373 e. The number of methoxy groups -OCH3 is 1. The highest BCUT2D eigenvalue weighted by Gasteiger charge is 2.51. The molecule has 0 amide bonds. The zero-order valence-electron chi connectivity index (χ0n) is 21.0. The highest BCUT2D eigenvalue weighted by molar-refractivity contribution is 6.96. The summed E-state index contributed by atoms with van der Waals surface area (Å²) in [6.45, 7) is 15.1. The minimum atomic E-state index is -1.64. The average molecular weight is 483 g/mol. The number of hydrogen-bond donors (Lipinski definition) is 0. The van der Waals surface area contributed by atoms with Gasteiger partial charge in [-0.15, -0.1) is 0 Å². The number of carbonyl (C=O) groups excluding carboxylic acids is 1. The second-order valence-electron chi connectivity index (χ2n) is 11.0. The number of ether oxygens (including phenoxy) is 3. The van der Waals surface area contributed by atoms with Crippen molar-refractivity contribution >= 4 is 22.1 Å². The minimum absolute atomic E-state index is 0.0123. The Kier molecular flexibility index (Phi) is 8.03. The van der Waals surface area contributed by atoms with Crippen LogP contribution in [0.4, 0.5) is 0 Å². The minimum Gasteiger partial charge on any atom is -0.463 e. The van der Waals surface area contributed by atoms with Crippen molar-refractivity contribution in [2.75, 3.05) is 7.11 Å². The molecule has 1 aliphatic heterocycles. The lowest BCUT2D eigenvalue weighted by molar-refractivity contribution is -0.178. The van der Waals surface area contributed by atoms with E-state index in [2.05, 4.69) is 75.7 Å². The molecule has 6 heteroatoms. The molecule has 1 aliphatic rings. The molecule has 0 radical (unpaired) electrons. The van der Waals surface area contributed by atoms with Crippen LogP contribution in [0.5, 0.6) is 0 Å². The Hall–Kier alpha value is -2.16. The normalized spacial score (nSPS) is 21.3. The first-order chi connectivity index (χ1) is 15.5. The summed E-state index contributed by atoms with van der Waals surface area (Å²) in [4.78, 5) is 12.6. The van der Waals surface area contributed by atoms with Crippen molar-refractivity contribution < 1.29 is 19.0 Å². The number of esters is 1. The van der Waals surface area contributed by atoms with Crippen molar-refractivity contribution in [2.24, 2.45) is 5.92 Å². The molecule has 178 valence electrons. The Morgan fingerprint density at radius 2 is 1.45 bits per heavy atom. The standard InChI is InChI=1S/C27H38O4Si2/c1-29-25(28)23-18-22(21-16-12-9-13-17-21)24(27(32(2,3)4)33(5,6)7)26(31-23)30-19-20-14-10-8-11-15-20/h8-18,22,24,26-27H,19H2,1-7H3/t22-,24-,26+/m1/s1. The second kappa shape index (κ2) is 10.4. The molecule has 33 heavy (non-hydrogen) atoms. The van der Waals surface area contributed by atoms with Gasteiger partial charge in [0.25, 0.3) is 0 Å². The van der Waals surface area contributed by atoms with Gasteiger partial charge in [0.15, 0.2) is 0 Å². The predicted molar refractivity (Wildman–Crippen MR) is 139 cm³/mol. The molecule has 2 aromatic carbocycles. The Labute approximate surface area is 201 Å². The third-order valence-corrected chi connectivity index (χ3v) is 16.1.